The van der Waals surface area contributed by atoms with Crippen molar-refractivity contribution in [3.63, 3.8) is 0 Å². The van der Waals surface area contributed by atoms with Gasteiger partial charge >= 0.3 is 0 Å². The van der Waals surface area contributed by atoms with E-state index in [1.807, 2.05) is 31.2 Å². The lowest BCUT2D eigenvalue weighted by Gasteiger charge is -2.25. The Morgan fingerprint density at radius 3 is 2.44 bits per heavy atom. The lowest BCUT2D eigenvalue weighted by atomic mass is 10.2. The molecule has 2 N–H and O–H groups in total. The summed E-state index contributed by atoms with van der Waals surface area (Å²) in [5, 5.41) is 6.10. The smallest absolute Gasteiger partial charge is 0.192 e. The lowest BCUT2D eigenvalue weighted by Crippen LogP contribution is -2.29. The number of rotatable bonds is 21. The van der Waals surface area contributed by atoms with Crippen molar-refractivity contribution in [2.45, 2.75) is 38.6 Å². The fraction of sp³-hybridized carbons (Fsp3) is 0.567. The van der Waals surface area contributed by atoms with Crippen molar-refractivity contribution in [3.8, 4) is 12.3 Å². The summed E-state index contributed by atoms with van der Waals surface area (Å²) in [4.78, 5) is 29.8. The molecule has 3 heterocycles. The molecule has 246 valence electrons. The van der Waals surface area contributed by atoms with Gasteiger partial charge in [0, 0.05) is 18.1 Å². The highest BCUT2D eigenvalue weighted by Crippen LogP contribution is 2.33. The van der Waals surface area contributed by atoms with E-state index in [2.05, 4.69) is 15.9 Å². The average molecular weight is 666 g/mol. The molecule has 1 aliphatic heterocycles. The molecule has 4 rings (SSSR count). The number of aromatic nitrogens is 4. The zero-order valence-electron chi connectivity index (χ0n) is 25.4. The van der Waals surface area contributed by atoms with E-state index in [1.165, 1.54) is 0 Å². The molecule has 1 fully saturated rings. The largest absolute Gasteiger partial charge is 0.377 e. The zero-order valence-corrected chi connectivity index (χ0v) is 27.1. The van der Waals surface area contributed by atoms with Gasteiger partial charge < -0.3 is 43.1 Å². The van der Waals surface area contributed by atoms with E-state index < -0.39 is 8.38 Å². The number of anilines is 1. The Balaban J connectivity index is 1.36. The minimum absolute atomic E-state index is 0.0991. The normalized spacial score (nSPS) is 16.5. The van der Waals surface area contributed by atoms with Gasteiger partial charge in [-0.05, 0) is 31.4 Å². The highest BCUT2D eigenvalue weighted by Gasteiger charge is 2.30. The molecule has 2 aromatic heterocycles. The summed E-state index contributed by atoms with van der Waals surface area (Å²) < 4.78 is 35.4. The van der Waals surface area contributed by atoms with Crippen LogP contribution in [0, 0.1) is 19.3 Å². The molecule has 0 saturated carbocycles. The Labute approximate surface area is 269 Å². The van der Waals surface area contributed by atoms with E-state index in [1.54, 1.807) is 10.9 Å². The second kappa shape index (κ2) is 19.3. The van der Waals surface area contributed by atoms with E-state index in [4.69, 9.17) is 66.2 Å². The van der Waals surface area contributed by atoms with Crippen molar-refractivity contribution < 1.29 is 38.2 Å². The number of hydrogen-bond acceptors (Lipinski definition) is 12. The molecule has 1 saturated heterocycles. The summed E-state index contributed by atoms with van der Waals surface area (Å²) in [6.07, 6.45) is 7.79. The molecule has 0 spiro atoms. The first-order valence-corrected chi connectivity index (χ1v) is 16.6. The first-order valence-electron chi connectivity index (χ1n) is 14.8. The highest BCUT2D eigenvalue weighted by molar-refractivity contribution is 7.44. The molecule has 2 atom stereocenters. The van der Waals surface area contributed by atoms with Gasteiger partial charge in [-0.15, -0.1) is 6.42 Å². The topological polar surface area (TPSA) is 143 Å². The molecule has 0 aliphatic carbocycles. The fourth-order valence-corrected chi connectivity index (χ4v) is 5.25. The Morgan fingerprint density at radius 2 is 1.73 bits per heavy atom. The van der Waals surface area contributed by atoms with Gasteiger partial charge in [-0.2, -0.15) is 5.10 Å². The van der Waals surface area contributed by atoms with E-state index in [0.29, 0.717) is 75.8 Å². The van der Waals surface area contributed by atoms with Gasteiger partial charge in [-0.25, -0.2) is 14.6 Å². The molecular formula is C30H41ClN5O8P. The molecule has 1 aromatic carbocycles. The van der Waals surface area contributed by atoms with Gasteiger partial charge in [0.05, 0.1) is 70.5 Å². The van der Waals surface area contributed by atoms with Crippen LogP contribution in [0.1, 0.15) is 30.5 Å². The van der Waals surface area contributed by atoms with Gasteiger partial charge in [0.15, 0.2) is 20.3 Å². The first-order chi connectivity index (χ1) is 22.0. The Kier molecular flexibility index (Phi) is 15.1. The Hall–Kier alpha value is -2.47. The number of hydrogen-bond donors (Lipinski definition) is 2. The third-order valence-electron chi connectivity index (χ3n) is 6.84. The van der Waals surface area contributed by atoms with Gasteiger partial charge in [-0.3, -0.25) is 0 Å². The molecule has 13 nitrogen and oxygen atoms in total. The number of halogens is 1. The molecule has 0 amide bonds. The number of fused-ring (bicyclic) bond motifs is 1. The van der Waals surface area contributed by atoms with Gasteiger partial charge in [0.1, 0.15) is 24.6 Å². The van der Waals surface area contributed by atoms with Crippen molar-refractivity contribution in [2.75, 3.05) is 77.3 Å². The second-order valence-corrected chi connectivity index (χ2v) is 11.6. The minimum Gasteiger partial charge on any atom is -0.377 e. The molecule has 1 aliphatic rings. The van der Waals surface area contributed by atoms with Crippen molar-refractivity contribution in [3.05, 3.63) is 46.9 Å². The van der Waals surface area contributed by atoms with Gasteiger partial charge in [-0.1, -0.05) is 35.7 Å². The van der Waals surface area contributed by atoms with E-state index >= 15 is 0 Å². The second-order valence-electron chi connectivity index (χ2n) is 10.2. The zero-order chi connectivity index (χ0) is 31.9. The molecule has 0 bridgehead atoms. The van der Waals surface area contributed by atoms with Crippen molar-refractivity contribution >= 4 is 36.8 Å². The highest BCUT2D eigenvalue weighted by atomic mass is 35.5. The average Bonchev–Trinajstić information content (AvgIpc) is 3.66. The maximum Gasteiger partial charge on any atom is 0.192 e. The number of ether oxygens (including phenoxy) is 6. The van der Waals surface area contributed by atoms with Crippen molar-refractivity contribution in [1.82, 2.24) is 19.7 Å². The van der Waals surface area contributed by atoms with Crippen LogP contribution in [0.25, 0.3) is 11.0 Å². The number of benzene rings is 1. The minimum atomic E-state index is -2.09. The van der Waals surface area contributed by atoms with Crippen LogP contribution in [0.5, 0.6) is 0 Å². The van der Waals surface area contributed by atoms with Crippen LogP contribution in [0.2, 0.25) is 5.02 Å². The monoisotopic (exact) mass is 665 g/mol. The summed E-state index contributed by atoms with van der Waals surface area (Å²) in [6.45, 7) is 6.64. The van der Waals surface area contributed by atoms with Gasteiger partial charge in [0.2, 0.25) is 0 Å². The number of aryl methyl sites for hydroxylation is 1. The first kappa shape index (κ1) is 35.4. The van der Waals surface area contributed by atoms with Crippen LogP contribution in [-0.4, -0.2) is 108 Å². The summed E-state index contributed by atoms with van der Waals surface area (Å²) in [5.74, 6) is 3.73. The van der Waals surface area contributed by atoms with E-state index in [0.717, 1.165) is 29.6 Å². The van der Waals surface area contributed by atoms with Crippen LogP contribution < -0.4 is 4.90 Å². The fourth-order valence-electron chi connectivity index (χ4n) is 4.78. The number of terminal acetylenes is 1. The molecule has 45 heavy (non-hydrogen) atoms. The predicted molar refractivity (Wildman–Crippen MR) is 170 cm³/mol. The molecule has 2 unspecified atom stereocenters. The summed E-state index contributed by atoms with van der Waals surface area (Å²) in [6, 6.07) is 7.73. The third kappa shape index (κ3) is 11.4. The van der Waals surface area contributed by atoms with Gasteiger partial charge in [0.25, 0.3) is 0 Å². The van der Waals surface area contributed by atoms with E-state index in [9.17, 15) is 0 Å². The standard InChI is InChI=1S/C30H41ClN5O8P/c1-3-11-39-13-15-41-17-18-42-16-14-40-12-10-35(20-24-6-4-5-7-27(24)31)29-26-19-32-36(30(26)34-23(2)33-29)28-9-8-25(44-28)21-43-22-45(37)38/h1,4-7,19,25,28,37-38H,8-18,20-22H2,2H3. The molecular weight excluding hydrogens is 625 g/mol. The number of nitrogens with zero attached hydrogens (tertiary/aromatic N) is 5. The summed E-state index contributed by atoms with van der Waals surface area (Å²) in [7, 11) is -2.09. The summed E-state index contributed by atoms with van der Waals surface area (Å²) in [5.41, 5.74) is 1.63. The predicted octanol–water partition coefficient (Wildman–Crippen LogP) is 3.44. The van der Waals surface area contributed by atoms with Crippen LogP contribution in [0.3, 0.4) is 0 Å². The maximum absolute atomic E-state index is 9.10. The lowest BCUT2D eigenvalue weighted by molar-refractivity contribution is -0.0384. The van der Waals surface area contributed by atoms with Crippen LogP contribution in [-0.2, 0) is 35.0 Å². The maximum atomic E-state index is 9.10. The molecule has 3 aromatic rings. The van der Waals surface area contributed by atoms with E-state index in [-0.39, 0.29) is 31.9 Å². The third-order valence-corrected chi connectivity index (χ3v) is 7.62. The van der Waals surface area contributed by atoms with Crippen LogP contribution >= 0.6 is 20.0 Å². The summed E-state index contributed by atoms with van der Waals surface area (Å²) >= 11 is 6.55. The quantitative estimate of drug-likeness (QED) is 0.0978. The molecule has 0 radical (unpaired) electrons. The SMILES string of the molecule is C#CCOCCOCCOCCOCCN(Cc1ccccc1Cl)c1nc(C)nc2c1cnn2C1CCC(COCP(O)O)O1. The Bertz CT molecular complexity index is 1360. The molecule has 15 heteroatoms. The van der Waals surface area contributed by atoms with Crippen molar-refractivity contribution in [2.24, 2.45) is 0 Å². The van der Waals surface area contributed by atoms with Crippen LogP contribution in [0.15, 0.2) is 30.5 Å². The van der Waals surface area contributed by atoms with Crippen molar-refractivity contribution in [1.29, 1.82) is 0 Å². The van der Waals surface area contributed by atoms with Crippen LogP contribution in [0.4, 0.5) is 5.82 Å². The Morgan fingerprint density at radius 1 is 1.02 bits per heavy atom.